The maximum absolute atomic E-state index is 13.3. The number of nitrogens with one attached hydrogen (secondary N) is 1. The largest absolute Gasteiger partial charge is 0.396 e. The van der Waals surface area contributed by atoms with Gasteiger partial charge < -0.3 is 20.2 Å². The van der Waals surface area contributed by atoms with Crippen LogP contribution in [0.5, 0.6) is 0 Å². The average Bonchev–Trinajstić information content (AvgIpc) is 3.03. The molecule has 30 heavy (non-hydrogen) atoms. The van der Waals surface area contributed by atoms with Gasteiger partial charge in [-0.2, -0.15) is 5.10 Å². The van der Waals surface area contributed by atoms with Crippen molar-refractivity contribution in [3.8, 4) is 0 Å². The molecule has 1 aromatic heterocycles. The van der Waals surface area contributed by atoms with Gasteiger partial charge in [-0.15, -0.1) is 0 Å². The number of halogens is 2. The summed E-state index contributed by atoms with van der Waals surface area (Å²) in [5.74, 6) is -0.770. The highest BCUT2D eigenvalue weighted by Gasteiger charge is 2.35. The number of hydrogen-bond donors (Lipinski definition) is 2. The molecule has 4 rings (SSSR count). The van der Waals surface area contributed by atoms with Gasteiger partial charge in [0, 0.05) is 56.4 Å². The first-order valence-electron chi connectivity index (χ1n) is 9.90. The van der Waals surface area contributed by atoms with Crippen molar-refractivity contribution in [3.63, 3.8) is 0 Å². The average molecular weight is 436 g/mol. The number of carbonyl (C=O) groups is 2. The summed E-state index contributed by atoms with van der Waals surface area (Å²) in [7, 11) is 0. The molecule has 0 bridgehead atoms. The lowest BCUT2D eigenvalue weighted by molar-refractivity contribution is 0.0726. The minimum Gasteiger partial charge on any atom is -0.396 e. The van der Waals surface area contributed by atoms with Gasteiger partial charge in [-0.05, 0) is 25.1 Å². The van der Waals surface area contributed by atoms with Crippen molar-refractivity contribution in [2.24, 2.45) is 5.92 Å². The summed E-state index contributed by atoms with van der Waals surface area (Å²) >= 11 is 5.79. The number of hydrogen-bond acceptors (Lipinski definition) is 4. The number of anilines is 1. The molecule has 0 fully saturated rings. The second kappa shape index (κ2) is 8.23. The Labute approximate surface area is 178 Å². The number of carbonyl (C=O) groups excluding carboxylic acids is 2. The smallest absolute Gasteiger partial charge is 0.322 e. The van der Waals surface area contributed by atoms with E-state index in [2.05, 4.69) is 10.4 Å². The number of benzene rings is 1. The monoisotopic (exact) mass is 435 g/mol. The van der Waals surface area contributed by atoms with Crippen LogP contribution in [-0.4, -0.2) is 62.9 Å². The van der Waals surface area contributed by atoms with Crippen molar-refractivity contribution in [1.29, 1.82) is 0 Å². The van der Waals surface area contributed by atoms with Crippen molar-refractivity contribution in [1.82, 2.24) is 19.6 Å². The molecule has 0 aliphatic carbocycles. The van der Waals surface area contributed by atoms with Crippen molar-refractivity contribution >= 4 is 29.2 Å². The predicted molar refractivity (Wildman–Crippen MR) is 109 cm³/mol. The molecule has 160 valence electrons. The second-order valence-electron chi connectivity index (χ2n) is 7.58. The standard InChI is InChI=1S/C20H23ClFN5O3/c1-2-25-8-12(11-28)9-27-18(19(25)29)14-10-26(6-5-17(14)24-27)20(30)23-13-3-4-16(22)15(21)7-13/h3-4,7,12,28H,2,5-6,8-11H2,1H3,(H,23,30). The minimum atomic E-state index is -0.556. The zero-order valence-electron chi connectivity index (χ0n) is 16.6. The topological polar surface area (TPSA) is 90.7 Å². The van der Waals surface area contributed by atoms with E-state index in [1.807, 2.05) is 6.92 Å². The van der Waals surface area contributed by atoms with Gasteiger partial charge in [0.15, 0.2) is 0 Å². The number of rotatable bonds is 3. The molecule has 0 spiro atoms. The van der Waals surface area contributed by atoms with Gasteiger partial charge in [0.1, 0.15) is 11.5 Å². The van der Waals surface area contributed by atoms with Crippen molar-refractivity contribution in [3.05, 3.63) is 46.0 Å². The summed E-state index contributed by atoms with van der Waals surface area (Å²) in [5, 5.41) is 16.9. The van der Waals surface area contributed by atoms with Gasteiger partial charge in [0.25, 0.3) is 5.91 Å². The Kier molecular flexibility index (Phi) is 5.66. The van der Waals surface area contributed by atoms with Gasteiger partial charge in [0.2, 0.25) is 0 Å². The molecular weight excluding hydrogens is 413 g/mol. The van der Waals surface area contributed by atoms with Gasteiger partial charge in [-0.1, -0.05) is 11.6 Å². The summed E-state index contributed by atoms with van der Waals surface area (Å²) in [6.07, 6.45) is 0.524. The SMILES string of the molecule is CCN1CC(CO)Cn2nc3c(c2C1=O)CN(C(=O)Nc1ccc(F)c(Cl)c1)CC3. The van der Waals surface area contributed by atoms with Crippen LogP contribution in [0, 0.1) is 11.7 Å². The van der Waals surface area contributed by atoms with Crippen LogP contribution < -0.4 is 5.32 Å². The van der Waals surface area contributed by atoms with Gasteiger partial charge >= 0.3 is 6.03 Å². The third kappa shape index (κ3) is 3.75. The second-order valence-corrected chi connectivity index (χ2v) is 7.99. The minimum absolute atomic E-state index is 0.0253. The first kappa shape index (κ1) is 20.6. The molecule has 2 N–H and O–H groups in total. The number of aromatic nitrogens is 2. The normalized spacial score (nSPS) is 18.7. The maximum Gasteiger partial charge on any atom is 0.322 e. The summed E-state index contributed by atoms with van der Waals surface area (Å²) < 4.78 is 15.0. The van der Waals surface area contributed by atoms with E-state index in [-0.39, 0.29) is 36.0 Å². The van der Waals surface area contributed by atoms with E-state index in [4.69, 9.17) is 11.6 Å². The van der Waals surface area contributed by atoms with E-state index in [0.717, 1.165) is 11.3 Å². The Morgan fingerprint density at radius 1 is 1.40 bits per heavy atom. The summed E-state index contributed by atoms with van der Waals surface area (Å²) in [4.78, 5) is 29.2. The first-order valence-corrected chi connectivity index (χ1v) is 10.3. The van der Waals surface area contributed by atoms with E-state index < -0.39 is 5.82 Å². The third-order valence-corrected chi connectivity index (χ3v) is 5.89. The van der Waals surface area contributed by atoms with E-state index in [1.54, 1.807) is 14.5 Å². The Bertz CT molecular complexity index is 995. The lowest BCUT2D eigenvalue weighted by Gasteiger charge is -2.28. The molecule has 2 aromatic rings. The third-order valence-electron chi connectivity index (χ3n) is 5.60. The van der Waals surface area contributed by atoms with Crippen LogP contribution in [0.2, 0.25) is 5.02 Å². The van der Waals surface area contributed by atoms with E-state index >= 15 is 0 Å². The molecule has 3 heterocycles. The molecule has 0 saturated heterocycles. The highest BCUT2D eigenvalue weighted by molar-refractivity contribution is 6.31. The van der Waals surface area contributed by atoms with Crippen molar-refractivity contribution in [2.45, 2.75) is 26.4 Å². The molecule has 8 nitrogen and oxygen atoms in total. The molecule has 0 radical (unpaired) electrons. The van der Waals surface area contributed by atoms with Crippen LogP contribution in [0.1, 0.15) is 28.7 Å². The van der Waals surface area contributed by atoms with E-state index in [9.17, 15) is 19.1 Å². The Morgan fingerprint density at radius 2 is 2.20 bits per heavy atom. The highest BCUT2D eigenvalue weighted by atomic mass is 35.5. The van der Waals surface area contributed by atoms with Crippen molar-refractivity contribution < 1.29 is 19.1 Å². The molecule has 3 amide bonds. The fourth-order valence-corrected chi connectivity index (χ4v) is 4.16. The van der Waals surface area contributed by atoms with Crippen LogP contribution in [0.25, 0.3) is 0 Å². The molecule has 2 aliphatic heterocycles. The highest BCUT2D eigenvalue weighted by Crippen LogP contribution is 2.27. The van der Waals surface area contributed by atoms with E-state index in [1.165, 1.54) is 18.2 Å². The lowest BCUT2D eigenvalue weighted by atomic mass is 10.0. The Balaban J connectivity index is 1.58. The molecule has 10 heteroatoms. The van der Waals surface area contributed by atoms with Crippen molar-refractivity contribution in [2.75, 3.05) is 31.6 Å². The predicted octanol–water partition coefficient (Wildman–Crippen LogP) is 2.35. The molecule has 1 atom stereocenters. The maximum atomic E-state index is 13.3. The number of urea groups is 1. The fraction of sp³-hybridized carbons (Fsp3) is 0.450. The summed E-state index contributed by atoms with van der Waals surface area (Å²) in [6.45, 7) is 4.03. The van der Waals surface area contributed by atoms with Crippen LogP contribution >= 0.6 is 11.6 Å². The molecule has 2 aliphatic rings. The number of aliphatic hydroxyl groups is 1. The first-order chi connectivity index (χ1) is 14.4. The van der Waals surface area contributed by atoms with Gasteiger partial charge in [-0.3, -0.25) is 9.48 Å². The molecule has 1 aromatic carbocycles. The Hall–Kier alpha value is -2.65. The van der Waals surface area contributed by atoms with Crippen LogP contribution in [0.3, 0.4) is 0 Å². The van der Waals surface area contributed by atoms with Crippen LogP contribution in [-0.2, 0) is 19.5 Å². The van der Waals surface area contributed by atoms with Gasteiger partial charge in [-0.25, -0.2) is 9.18 Å². The summed E-state index contributed by atoms with van der Waals surface area (Å²) in [6, 6.07) is 3.63. The Morgan fingerprint density at radius 3 is 2.90 bits per heavy atom. The number of amides is 3. The molecule has 0 saturated carbocycles. The lowest BCUT2D eigenvalue weighted by Crippen LogP contribution is -2.40. The molecule has 1 unspecified atom stereocenters. The van der Waals surface area contributed by atoms with E-state index in [0.29, 0.717) is 44.0 Å². The van der Waals surface area contributed by atoms with Crippen LogP contribution in [0.4, 0.5) is 14.9 Å². The zero-order valence-corrected chi connectivity index (χ0v) is 17.3. The number of nitrogens with zero attached hydrogens (tertiary/aromatic N) is 4. The van der Waals surface area contributed by atoms with Crippen LogP contribution in [0.15, 0.2) is 18.2 Å². The number of fused-ring (bicyclic) bond motifs is 3. The zero-order chi connectivity index (χ0) is 21.4. The molecular formula is C20H23ClFN5O3. The number of aliphatic hydroxyl groups excluding tert-OH is 1. The fourth-order valence-electron chi connectivity index (χ4n) is 3.98. The summed E-state index contributed by atoms with van der Waals surface area (Å²) in [5.41, 5.74) is 2.44. The van der Waals surface area contributed by atoms with Gasteiger partial charge in [0.05, 0.1) is 17.3 Å². The quantitative estimate of drug-likeness (QED) is 0.774.